The summed E-state index contributed by atoms with van der Waals surface area (Å²) in [4.78, 5) is 15.1. The second kappa shape index (κ2) is 5.44. The average molecular weight is 285 g/mol. The molecule has 1 aromatic carbocycles. The van der Waals surface area contributed by atoms with E-state index in [1.165, 1.54) is 12.1 Å². The van der Waals surface area contributed by atoms with Crippen LogP contribution in [-0.2, 0) is 0 Å². The monoisotopic (exact) mass is 285 g/mol. The van der Waals surface area contributed by atoms with E-state index in [1.807, 2.05) is 29.8 Å². The molecule has 0 aliphatic rings. The SMILES string of the molecule is CCCNC(=O)c1cc2c(ccn2-c2ccc(F)cc2)[nH]1. The molecule has 0 saturated carbocycles. The molecule has 0 unspecified atom stereocenters. The smallest absolute Gasteiger partial charge is 0.267 e. The van der Waals surface area contributed by atoms with Gasteiger partial charge in [0.05, 0.1) is 11.0 Å². The van der Waals surface area contributed by atoms with E-state index < -0.39 is 0 Å². The van der Waals surface area contributed by atoms with Gasteiger partial charge in [0.1, 0.15) is 11.5 Å². The van der Waals surface area contributed by atoms with Gasteiger partial charge in [0.25, 0.3) is 5.91 Å². The number of amides is 1. The molecule has 108 valence electrons. The first-order valence-corrected chi connectivity index (χ1v) is 6.93. The van der Waals surface area contributed by atoms with Crippen molar-refractivity contribution in [2.75, 3.05) is 6.54 Å². The van der Waals surface area contributed by atoms with Crippen molar-refractivity contribution in [3.63, 3.8) is 0 Å². The predicted octanol–water partition coefficient (Wildman–Crippen LogP) is 3.24. The first-order valence-electron chi connectivity index (χ1n) is 6.93. The summed E-state index contributed by atoms with van der Waals surface area (Å²) in [5.74, 6) is -0.380. The Morgan fingerprint density at radius 1 is 1.29 bits per heavy atom. The molecule has 0 aliphatic carbocycles. The Morgan fingerprint density at radius 2 is 2.05 bits per heavy atom. The van der Waals surface area contributed by atoms with Gasteiger partial charge >= 0.3 is 0 Å². The molecule has 0 saturated heterocycles. The third-order valence-corrected chi connectivity index (χ3v) is 3.36. The molecule has 3 rings (SSSR count). The zero-order chi connectivity index (χ0) is 14.8. The fraction of sp³-hybridized carbons (Fsp3) is 0.188. The van der Waals surface area contributed by atoms with Gasteiger partial charge in [-0.1, -0.05) is 6.92 Å². The number of fused-ring (bicyclic) bond motifs is 1. The van der Waals surface area contributed by atoms with Crippen LogP contribution in [0.3, 0.4) is 0 Å². The van der Waals surface area contributed by atoms with Crippen LogP contribution in [0.25, 0.3) is 16.7 Å². The van der Waals surface area contributed by atoms with E-state index in [2.05, 4.69) is 10.3 Å². The highest BCUT2D eigenvalue weighted by Crippen LogP contribution is 2.21. The van der Waals surface area contributed by atoms with Crippen molar-refractivity contribution in [2.45, 2.75) is 13.3 Å². The molecule has 5 heteroatoms. The van der Waals surface area contributed by atoms with E-state index >= 15 is 0 Å². The van der Waals surface area contributed by atoms with Gasteiger partial charge in [0.2, 0.25) is 0 Å². The Labute approximate surface area is 121 Å². The molecular weight excluding hydrogens is 269 g/mol. The Hall–Kier alpha value is -2.56. The van der Waals surface area contributed by atoms with Crippen molar-refractivity contribution in [3.8, 4) is 5.69 Å². The first kappa shape index (κ1) is 13.4. The van der Waals surface area contributed by atoms with Crippen molar-refractivity contribution in [1.82, 2.24) is 14.9 Å². The second-order valence-electron chi connectivity index (χ2n) is 4.90. The lowest BCUT2D eigenvalue weighted by Gasteiger charge is -2.03. The van der Waals surface area contributed by atoms with Crippen molar-refractivity contribution >= 4 is 16.9 Å². The third kappa shape index (κ3) is 2.54. The van der Waals surface area contributed by atoms with Crippen molar-refractivity contribution < 1.29 is 9.18 Å². The van der Waals surface area contributed by atoms with E-state index in [-0.39, 0.29) is 11.7 Å². The number of carbonyl (C=O) groups is 1. The highest BCUT2D eigenvalue weighted by molar-refractivity contribution is 5.97. The number of aromatic nitrogens is 2. The van der Waals surface area contributed by atoms with Crippen LogP contribution < -0.4 is 5.32 Å². The Morgan fingerprint density at radius 3 is 2.76 bits per heavy atom. The lowest BCUT2D eigenvalue weighted by Crippen LogP contribution is -2.24. The number of H-pyrrole nitrogens is 1. The highest BCUT2D eigenvalue weighted by Gasteiger charge is 2.12. The molecule has 1 amide bonds. The molecule has 0 aliphatic heterocycles. The predicted molar refractivity (Wildman–Crippen MR) is 80.2 cm³/mol. The number of hydrogen-bond donors (Lipinski definition) is 2. The van der Waals surface area contributed by atoms with E-state index in [1.54, 1.807) is 12.1 Å². The van der Waals surface area contributed by atoms with E-state index in [4.69, 9.17) is 0 Å². The van der Waals surface area contributed by atoms with Gasteiger partial charge in [-0.05, 0) is 42.8 Å². The number of carbonyl (C=O) groups excluding carboxylic acids is 1. The maximum atomic E-state index is 13.0. The maximum absolute atomic E-state index is 13.0. The number of halogens is 1. The number of hydrogen-bond acceptors (Lipinski definition) is 1. The van der Waals surface area contributed by atoms with Gasteiger partial charge in [0.15, 0.2) is 0 Å². The Kier molecular flexibility index (Phi) is 3.48. The van der Waals surface area contributed by atoms with Crippen molar-refractivity contribution in [3.05, 3.63) is 54.1 Å². The van der Waals surface area contributed by atoms with Gasteiger partial charge < -0.3 is 14.9 Å². The average Bonchev–Trinajstić information content (AvgIpc) is 3.06. The third-order valence-electron chi connectivity index (χ3n) is 3.36. The number of nitrogens with one attached hydrogen (secondary N) is 2. The quantitative estimate of drug-likeness (QED) is 0.759. The summed E-state index contributed by atoms with van der Waals surface area (Å²) in [5.41, 5.74) is 3.15. The van der Waals surface area contributed by atoms with Gasteiger partial charge in [-0.2, -0.15) is 0 Å². The molecule has 4 nitrogen and oxygen atoms in total. The molecule has 3 aromatic rings. The standard InChI is InChI=1S/C16H16FN3O/c1-2-8-18-16(21)14-10-15-13(19-14)7-9-20(15)12-5-3-11(17)4-6-12/h3-7,9-10,19H,2,8H2,1H3,(H,18,21). The van der Waals surface area contributed by atoms with Crippen LogP contribution in [0.2, 0.25) is 0 Å². The molecule has 0 spiro atoms. The van der Waals surface area contributed by atoms with Crippen LogP contribution in [0.1, 0.15) is 23.8 Å². The van der Waals surface area contributed by atoms with E-state index in [0.717, 1.165) is 23.1 Å². The van der Waals surface area contributed by atoms with Crippen LogP contribution in [0.4, 0.5) is 4.39 Å². The molecule has 0 atom stereocenters. The van der Waals surface area contributed by atoms with Crippen LogP contribution in [0.15, 0.2) is 42.6 Å². The number of nitrogens with zero attached hydrogens (tertiary/aromatic N) is 1. The fourth-order valence-corrected chi connectivity index (χ4v) is 2.30. The second-order valence-corrected chi connectivity index (χ2v) is 4.90. The van der Waals surface area contributed by atoms with E-state index in [9.17, 15) is 9.18 Å². The van der Waals surface area contributed by atoms with Gasteiger partial charge in [-0.3, -0.25) is 4.79 Å². The minimum Gasteiger partial charge on any atom is -0.351 e. The van der Waals surface area contributed by atoms with Gasteiger partial charge in [-0.15, -0.1) is 0 Å². The zero-order valence-corrected chi connectivity index (χ0v) is 11.7. The summed E-state index contributed by atoms with van der Waals surface area (Å²) in [7, 11) is 0. The van der Waals surface area contributed by atoms with Crippen LogP contribution in [0, 0.1) is 5.82 Å². The van der Waals surface area contributed by atoms with Crippen LogP contribution in [0.5, 0.6) is 0 Å². The molecule has 0 fully saturated rings. The number of benzene rings is 1. The molecular formula is C16H16FN3O. The van der Waals surface area contributed by atoms with Crippen molar-refractivity contribution in [1.29, 1.82) is 0 Å². The van der Waals surface area contributed by atoms with Gasteiger partial charge in [0, 0.05) is 18.4 Å². The first-order chi connectivity index (χ1) is 10.2. The van der Waals surface area contributed by atoms with Crippen molar-refractivity contribution in [2.24, 2.45) is 0 Å². The Bertz CT molecular complexity index is 771. The fourth-order valence-electron chi connectivity index (χ4n) is 2.30. The highest BCUT2D eigenvalue weighted by atomic mass is 19.1. The minimum atomic E-state index is -0.268. The largest absolute Gasteiger partial charge is 0.351 e. The molecule has 2 aromatic heterocycles. The lowest BCUT2D eigenvalue weighted by molar-refractivity contribution is 0.0949. The van der Waals surface area contributed by atoms with Gasteiger partial charge in [-0.25, -0.2) is 4.39 Å². The van der Waals surface area contributed by atoms with E-state index in [0.29, 0.717) is 12.2 Å². The zero-order valence-electron chi connectivity index (χ0n) is 11.7. The summed E-state index contributed by atoms with van der Waals surface area (Å²) in [6.45, 7) is 2.66. The summed E-state index contributed by atoms with van der Waals surface area (Å²) >= 11 is 0. The number of aromatic amines is 1. The molecule has 0 radical (unpaired) electrons. The molecule has 21 heavy (non-hydrogen) atoms. The maximum Gasteiger partial charge on any atom is 0.267 e. The number of rotatable bonds is 4. The molecule has 0 bridgehead atoms. The summed E-state index contributed by atoms with van der Waals surface area (Å²) in [5, 5.41) is 2.84. The molecule has 2 N–H and O–H groups in total. The minimum absolute atomic E-state index is 0.112. The van der Waals surface area contributed by atoms with Crippen LogP contribution in [-0.4, -0.2) is 22.0 Å². The summed E-state index contributed by atoms with van der Waals surface area (Å²) < 4.78 is 14.9. The van der Waals surface area contributed by atoms with Crippen LogP contribution >= 0.6 is 0 Å². The summed E-state index contributed by atoms with van der Waals surface area (Å²) in [6, 6.07) is 9.96. The molecule has 2 heterocycles. The normalized spacial score (nSPS) is 11.0. The topological polar surface area (TPSA) is 49.8 Å². The lowest BCUT2D eigenvalue weighted by atomic mass is 10.3. The summed E-state index contributed by atoms with van der Waals surface area (Å²) in [6.07, 6.45) is 2.79. The Balaban J connectivity index is 1.96.